The Balaban J connectivity index is 1.84. The first-order chi connectivity index (χ1) is 10.0. The molecule has 2 amide bonds. The summed E-state index contributed by atoms with van der Waals surface area (Å²) in [5, 5.41) is 9.76. The Hall–Kier alpha value is -2.14. The summed E-state index contributed by atoms with van der Waals surface area (Å²) in [7, 11) is 0. The smallest absolute Gasteiger partial charge is 0.319 e. The lowest BCUT2D eigenvalue weighted by atomic mass is 10.1. The second-order valence-electron chi connectivity index (χ2n) is 4.97. The molecule has 2 N–H and O–H groups in total. The van der Waals surface area contributed by atoms with Crippen LogP contribution < -0.4 is 10.6 Å². The molecule has 0 fully saturated rings. The van der Waals surface area contributed by atoms with Gasteiger partial charge < -0.3 is 10.6 Å². The zero-order valence-corrected chi connectivity index (χ0v) is 12.9. The van der Waals surface area contributed by atoms with Gasteiger partial charge in [0, 0.05) is 17.3 Å². The molecule has 1 aromatic carbocycles. The van der Waals surface area contributed by atoms with Gasteiger partial charge in [0.25, 0.3) is 0 Å². The summed E-state index contributed by atoms with van der Waals surface area (Å²) < 4.78 is 0. The molecule has 0 aliphatic rings. The largest absolute Gasteiger partial charge is 0.335 e. The Morgan fingerprint density at radius 3 is 2.48 bits per heavy atom. The Kier molecular flexibility index (Phi) is 5.11. The van der Waals surface area contributed by atoms with Crippen LogP contribution >= 0.6 is 11.3 Å². The molecule has 0 saturated carbocycles. The number of ketones is 1. The maximum Gasteiger partial charge on any atom is 0.319 e. The maximum atomic E-state index is 11.9. The summed E-state index contributed by atoms with van der Waals surface area (Å²) >= 11 is 1.65. The molecule has 4 nitrogen and oxygen atoms in total. The van der Waals surface area contributed by atoms with Crippen LogP contribution in [-0.2, 0) is 6.42 Å². The van der Waals surface area contributed by atoms with Crippen molar-refractivity contribution in [3.63, 3.8) is 0 Å². The highest BCUT2D eigenvalue weighted by atomic mass is 32.1. The number of urea groups is 1. The summed E-state index contributed by atoms with van der Waals surface area (Å²) in [6.45, 7) is 3.48. The molecule has 0 radical (unpaired) electrons. The average molecular weight is 302 g/mol. The van der Waals surface area contributed by atoms with Crippen LogP contribution in [0.3, 0.4) is 0 Å². The Bertz CT molecular complexity index is 606. The number of amides is 2. The lowest BCUT2D eigenvalue weighted by Crippen LogP contribution is -2.37. The molecule has 5 heteroatoms. The SMILES string of the molecule is CC(=O)c1ccc(NC(=O)NC(C)Cc2ccsc2)cc1. The average Bonchev–Trinajstić information content (AvgIpc) is 2.91. The van der Waals surface area contributed by atoms with Gasteiger partial charge in [0.1, 0.15) is 0 Å². The van der Waals surface area contributed by atoms with Gasteiger partial charge in [-0.2, -0.15) is 11.3 Å². The molecule has 110 valence electrons. The molecule has 2 rings (SSSR count). The lowest BCUT2D eigenvalue weighted by molar-refractivity contribution is 0.101. The highest BCUT2D eigenvalue weighted by molar-refractivity contribution is 7.07. The topological polar surface area (TPSA) is 58.2 Å². The standard InChI is InChI=1S/C16H18N2O2S/c1-11(9-13-7-8-21-10-13)17-16(20)18-15-5-3-14(4-6-15)12(2)19/h3-8,10-11H,9H2,1-2H3,(H2,17,18,20). The van der Waals surface area contributed by atoms with Crippen LogP contribution in [0.25, 0.3) is 0 Å². The number of benzene rings is 1. The van der Waals surface area contributed by atoms with Crippen LogP contribution in [0.4, 0.5) is 10.5 Å². The van der Waals surface area contributed by atoms with Crippen LogP contribution in [-0.4, -0.2) is 17.9 Å². The second-order valence-corrected chi connectivity index (χ2v) is 5.75. The molecule has 1 unspecified atom stereocenters. The van der Waals surface area contributed by atoms with E-state index in [-0.39, 0.29) is 17.9 Å². The fourth-order valence-corrected chi connectivity index (χ4v) is 2.67. The van der Waals surface area contributed by atoms with Crippen molar-refractivity contribution in [1.82, 2.24) is 5.32 Å². The van der Waals surface area contributed by atoms with Crippen LogP contribution in [0.5, 0.6) is 0 Å². The van der Waals surface area contributed by atoms with E-state index in [1.807, 2.05) is 12.3 Å². The minimum atomic E-state index is -0.242. The molecule has 0 bridgehead atoms. The number of hydrogen-bond acceptors (Lipinski definition) is 3. The van der Waals surface area contributed by atoms with E-state index in [0.717, 1.165) is 6.42 Å². The molecule has 0 spiro atoms. The van der Waals surface area contributed by atoms with Gasteiger partial charge in [-0.05, 0) is 66.9 Å². The van der Waals surface area contributed by atoms with Crippen molar-refractivity contribution in [2.24, 2.45) is 0 Å². The van der Waals surface area contributed by atoms with E-state index in [9.17, 15) is 9.59 Å². The van der Waals surface area contributed by atoms with Gasteiger partial charge >= 0.3 is 6.03 Å². The molecule has 0 saturated heterocycles. The molecule has 21 heavy (non-hydrogen) atoms. The highest BCUT2D eigenvalue weighted by Crippen LogP contribution is 2.11. The number of nitrogens with one attached hydrogen (secondary N) is 2. The van der Waals surface area contributed by atoms with E-state index in [0.29, 0.717) is 11.3 Å². The van der Waals surface area contributed by atoms with Gasteiger partial charge in [0.05, 0.1) is 0 Å². The Morgan fingerprint density at radius 2 is 1.90 bits per heavy atom. The second kappa shape index (κ2) is 7.04. The molecule has 1 atom stereocenters. The molecule has 1 heterocycles. The van der Waals surface area contributed by atoms with E-state index >= 15 is 0 Å². The van der Waals surface area contributed by atoms with E-state index in [1.54, 1.807) is 35.6 Å². The van der Waals surface area contributed by atoms with Crippen LogP contribution in [0, 0.1) is 0 Å². The first kappa shape index (κ1) is 15.3. The molecular weight excluding hydrogens is 284 g/mol. The van der Waals surface area contributed by atoms with Crippen molar-refractivity contribution in [1.29, 1.82) is 0 Å². The third kappa shape index (κ3) is 4.72. The maximum absolute atomic E-state index is 11.9. The summed E-state index contributed by atoms with van der Waals surface area (Å²) in [6.07, 6.45) is 0.806. The first-order valence-electron chi connectivity index (χ1n) is 6.74. The quantitative estimate of drug-likeness (QED) is 0.827. The Labute approximate surface area is 128 Å². The van der Waals surface area contributed by atoms with Crippen LogP contribution in [0.15, 0.2) is 41.1 Å². The lowest BCUT2D eigenvalue weighted by Gasteiger charge is -2.14. The van der Waals surface area contributed by atoms with Gasteiger partial charge in [0.15, 0.2) is 5.78 Å². The minimum absolute atomic E-state index is 0.00962. The molecule has 1 aromatic heterocycles. The van der Waals surface area contributed by atoms with Crippen molar-refractivity contribution < 1.29 is 9.59 Å². The van der Waals surface area contributed by atoms with Gasteiger partial charge in [-0.3, -0.25) is 4.79 Å². The normalized spacial score (nSPS) is 11.7. The van der Waals surface area contributed by atoms with Crippen LogP contribution in [0.1, 0.15) is 29.8 Å². The van der Waals surface area contributed by atoms with Crippen molar-refractivity contribution >= 4 is 28.8 Å². The van der Waals surface area contributed by atoms with Gasteiger partial charge in [-0.15, -0.1) is 0 Å². The Morgan fingerprint density at radius 1 is 1.19 bits per heavy atom. The number of carbonyl (C=O) groups excluding carboxylic acids is 2. The summed E-state index contributed by atoms with van der Waals surface area (Å²) in [5.74, 6) is 0.00962. The van der Waals surface area contributed by atoms with Gasteiger partial charge in [0.2, 0.25) is 0 Å². The fourth-order valence-electron chi connectivity index (χ4n) is 1.99. The molecular formula is C16H18N2O2S. The number of carbonyl (C=O) groups is 2. The molecule has 0 aliphatic carbocycles. The third-order valence-corrected chi connectivity index (χ3v) is 3.78. The van der Waals surface area contributed by atoms with E-state index < -0.39 is 0 Å². The van der Waals surface area contributed by atoms with Gasteiger partial charge in [-0.1, -0.05) is 0 Å². The first-order valence-corrected chi connectivity index (χ1v) is 7.68. The molecule has 2 aromatic rings. The van der Waals surface area contributed by atoms with Crippen LogP contribution in [0.2, 0.25) is 0 Å². The number of hydrogen-bond donors (Lipinski definition) is 2. The fraction of sp³-hybridized carbons (Fsp3) is 0.250. The number of Topliss-reactive ketones (excluding diaryl/α,β-unsaturated/α-hetero) is 1. The van der Waals surface area contributed by atoms with Gasteiger partial charge in [-0.25, -0.2) is 4.79 Å². The minimum Gasteiger partial charge on any atom is -0.335 e. The van der Waals surface area contributed by atoms with Crippen molar-refractivity contribution in [3.05, 3.63) is 52.2 Å². The monoisotopic (exact) mass is 302 g/mol. The summed E-state index contributed by atoms with van der Waals surface area (Å²) in [4.78, 5) is 23.1. The summed E-state index contributed by atoms with van der Waals surface area (Å²) in [5.41, 5.74) is 2.52. The van der Waals surface area contributed by atoms with Crippen molar-refractivity contribution in [2.75, 3.05) is 5.32 Å². The van der Waals surface area contributed by atoms with E-state index in [4.69, 9.17) is 0 Å². The number of anilines is 1. The van der Waals surface area contributed by atoms with Crippen molar-refractivity contribution in [2.45, 2.75) is 26.3 Å². The van der Waals surface area contributed by atoms with Crippen molar-refractivity contribution in [3.8, 4) is 0 Å². The zero-order valence-electron chi connectivity index (χ0n) is 12.1. The number of thiophene rings is 1. The predicted molar refractivity (Wildman–Crippen MR) is 86.1 cm³/mol. The van der Waals surface area contributed by atoms with E-state index in [1.165, 1.54) is 12.5 Å². The van der Waals surface area contributed by atoms with E-state index in [2.05, 4.69) is 22.1 Å². The highest BCUT2D eigenvalue weighted by Gasteiger charge is 2.09. The molecule has 0 aliphatic heterocycles. The summed E-state index contributed by atoms with van der Waals surface area (Å²) in [6, 6.07) is 8.71. The third-order valence-electron chi connectivity index (χ3n) is 3.05. The number of rotatable bonds is 5. The predicted octanol–water partition coefficient (Wildman–Crippen LogP) is 3.70. The zero-order chi connectivity index (χ0) is 15.2.